The third-order valence-corrected chi connectivity index (χ3v) is 5.05. The van der Waals surface area contributed by atoms with Gasteiger partial charge in [-0.25, -0.2) is 8.42 Å². The molecule has 0 aromatic heterocycles. The molecule has 0 saturated carbocycles. The average molecular weight is 295 g/mol. The van der Waals surface area contributed by atoms with Crippen LogP contribution in [0.25, 0.3) is 0 Å². The van der Waals surface area contributed by atoms with Gasteiger partial charge in [0.25, 0.3) is 0 Å². The van der Waals surface area contributed by atoms with Crippen LogP contribution in [-0.2, 0) is 14.8 Å². The number of carbonyl (C=O) groups excluding carboxylic acids is 1. The Labute approximate surface area is 114 Å². The lowest BCUT2D eigenvalue weighted by Gasteiger charge is -2.26. The zero-order chi connectivity index (χ0) is 14.5. The first kappa shape index (κ1) is 17.3. The highest BCUT2D eigenvalue weighted by molar-refractivity contribution is 7.92. The molecule has 4 N–H and O–H groups in total. The van der Waals surface area contributed by atoms with Gasteiger partial charge in [-0.3, -0.25) is 4.79 Å². The molecule has 0 bridgehead atoms. The minimum atomic E-state index is -3.74. The molecule has 0 aliphatic heterocycles. The van der Waals surface area contributed by atoms with Crippen LogP contribution < -0.4 is 11.5 Å². The lowest BCUT2D eigenvalue weighted by atomic mass is 10.2. The second-order valence-corrected chi connectivity index (χ2v) is 7.08. The highest BCUT2D eigenvalue weighted by atomic mass is 32.2. The van der Waals surface area contributed by atoms with Crippen molar-refractivity contribution < 1.29 is 13.2 Å². The number of hydrogen-bond acceptors (Lipinski definition) is 4. The van der Waals surface area contributed by atoms with Crippen molar-refractivity contribution in [3.05, 3.63) is 0 Å². The second kappa shape index (κ2) is 7.01. The predicted octanol–water partition coefficient (Wildman–Crippen LogP) is -0.176. The first-order valence-corrected chi connectivity index (χ1v) is 7.60. The summed E-state index contributed by atoms with van der Waals surface area (Å²) in [4.78, 5) is 10.9. The van der Waals surface area contributed by atoms with Gasteiger partial charge >= 0.3 is 0 Å². The van der Waals surface area contributed by atoms with E-state index in [2.05, 4.69) is 0 Å². The topological polar surface area (TPSA) is 106 Å². The number of carbonyl (C=O) groups is 1. The molecule has 0 fully saturated rings. The van der Waals surface area contributed by atoms with E-state index in [1.54, 1.807) is 6.92 Å². The first-order chi connectivity index (χ1) is 8.12. The summed E-state index contributed by atoms with van der Waals surface area (Å²) in [5, 5.41) is -0.953. The highest BCUT2D eigenvalue weighted by Crippen LogP contribution is 2.14. The SMILES string of the molecule is CCC(C(N)=S)S(=O)(=O)N(CC(N)=O)CC(C)C. The van der Waals surface area contributed by atoms with Gasteiger partial charge in [-0.1, -0.05) is 33.0 Å². The van der Waals surface area contributed by atoms with Gasteiger partial charge in [0.2, 0.25) is 15.9 Å². The Kier molecular flexibility index (Phi) is 6.72. The molecule has 1 atom stereocenters. The quantitative estimate of drug-likeness (QED) is 0.604. The van der Waals surface area contributed by atoms with Crippen molar-refractivity contribution >= 4 is 33.1 Å². The third kappa shape index (κ3) is 4.87. The van der Waals surface area contributed by atoms with Crippen LogP contribution in [-0.4, -0.2) is 42.0 Å². The predicted molar refractivity (Wildman–Crippen MR) is 75.4 cm³/mol. The molecule has 18 heavy (non-hydrogen) atoms. The minimum absolute atomic E-state index is 0.0722. The van der Waals surface area contributed by atoms with Crippen LogP contribution >= 0.6 is 12.2 Å². The van der Waals surface area contributed by atoms with Crippen molar-refractivity contribution in [1.82, 2.24) is 4.31 Å². The van der Waals surface area contributed by atoms with Crippen LogP contribution in [0.5, 0.6) is 0 Å². The lowest BCUT2D eigenvalue weighted by Crippen LogP contribution is -2.48. The van der Waals surface area contributed by atoms with E-state index < -0.39 is 21.2 Å². The van der Waals surface area contributed by atoms with Crippen LogP contribution in [0.3, 0.4) is 0 Å². The maximum atomic E-state index is 12.3. The number of nitrogens with two attached hydrogens (primary N) is 2. The van der Waals surface area contributed by atoms with E-state index in [0.29, 0.717) is 0 Å². The van der Waals surface area contributed by atoms with Crippen LogP contribution in [0.2, 0.25) is 0 Å². The minimum Gasteiger partial charge on any atom is -0.392 e. The molecular formula is C10H21N3O3S2. The molecule has 1 amide bonds. The van der Waals surface area contributed by atoms with Crippen molar-refractivity contribution in [1.29, 1.82) is 0 Å². The normalized spacial score (nSPS) is 13.8. The van der Waals surface area contributed by atoms with E-state index in [0.717, 1.165) is 4.31 Å². The van der Waals surface area contributed by atoms with E-state index in [9.17, 15) is 13.2 Å². The molecule has 0 spiro atoms. The second-order valence-electron chi connectivity index (χ2n) is 4.50. The van der Waals surface area contributed by atoms with Crippen LogP contribution in [0.15, 0.2) is 0 Å². The van der Waals surface area contributed by atoms with Crippen LogP contribution in [0, 0.1) is 5.92 Å². The summed E-state index contributed by atoms with van der Waals surface area (Å²) in [5.74, 6) is -0.625. The number of rotatable bonds is 8. The van der Waals surface area contributed by atoms with E-state index in [-0.39, 0.29) is 30.4 Å². The maximum absolute atomic E-state index is 12.3. The van der Waals surface area contributed by atoms with Gasteiger partial charge in [0.05, 0.1) is 11.5 Å². The summed E-state index contributed by atoms with van der Waals surface area (Å²) in [6.45, 7) is 5.25. The molecule has 6 nitrogen and oxygen atoms in total. The molecule has 0 aromatic rings. The molecule has 0 heterocycles. The third-order valence-electron chi connectivity index (χ3n) is 2.31. The summed E-state index contributed by atoms with van der Waals surface area (Å²) in [7, 11) is -3.74. The maximum Gasteiger partial charge on any atom is 0.232 e. The molecule has 1 unspecified atom stereocenters. The van der Waals surface area contributed by atoms with Crippen molar-refractivity contribution in [3.8, 4) is 0 Å². The van der Waals surface area contributed by atoms with Crippen molar-refractivity contribution in [2.24, 2.45) is 17.4 Å². The standard InChI is InChI=1S/C10H21N3O3S2/c1-4-8(10(12)17)18(15,16)13(5-7(2)3)6-9(11)14/h7-8H,4-6H2,1-3H3,(H2,11,14)(H2,12,17). The smallest absolute Gasteiger partial charge is 0.232 e. The zero-order valence-electron chi connectivity index (χ0n) is 10.9. The lowest BCUT2D eigenvalue weighted by molar-refractivity contribution is -0.118. The molecule has 0 radical (unpaired) electrons. The highest BCUT2D eigenvalue weighted by Gasteiger charge is 2.33. The molecule has 0 aliphatic carbocycles. The monoisotopic (exact) mass is 295 g/mol. The number of nitrogens with zero attached hydrogens (tertiary/aromatic N) is 1. The van der Waals surface area contributed by atoms with E-state index in [1.165, 1.54) is 0 Å². The molecular weight excluding hydrogens is 274 g/mol. The Bertz CT molecular complexity index is 407. The van der Waals surface area contributed by atoms with Gasteiger partial charge in [-0.2, -0.15) is 4.31 Å². The van der Waals surface area contributed by atoms with Crippen molar-refractivity contribution in [3.63, 3.8) is 0 Å². The Balaban J connectivity index is 5.30. The number of amides is 1. The molecule has 0 aliphatic rings. The van der Waals surface area contributed by atoms with Crippen molar-refractivity contribution in [2.75, 3.05) is 13.1 Å². The van der Waals surface area contributed by atoms with Gasteiger partial charge in [-0.15, -0.1) is 0 Å². The number of thiocarbonyl (C=S) groups is 1. The van der Waals surface area contributed by atoms with Crippen LogP contribution in [0.1, 0.15) is 27.2 Å². The average Bonchev–Trinajstić information content (AvgIpc) is 2.14. The number of sulfonamides is 1. The summed E-state index contributed by atoms with van der Waals surface area (Å²) in [6, 6.07) is 0. The Morgan fingerprint density at radius 2 is 1.83 bits per heavy atom. The molecule has 0 aromatic carbocycles. The Hall–Kier alpha value is -0.730. The fourth-order valence-corrected chi connectivity index (χ4v) is 4.00. The van der Waals surface area contributed by atoms with E-state index in [1.807, 2.05) is 13.8 Å². The van der Waals surface area contributed by atoms with E-state index in [4.69, 9.17) is 23.7 Å². The molecule has 8 heteroatoms. The molecule has 0 saturated heterocycles. The Morgan fingerprint density at radius 3 is 2.11 bits per heavy atom. The van der Waals surface area contributed by atoms with Gasteiger partial charge in [0.1, 0.15) is 5.25 Å². The Morgan fingerprint density at radius 1 is 1.33 bits per heavy atom. The molecule has 106 valence electrons. The van der Waals surface area contributed by atoms with Gasteiger partial charge in [0.15, 0.2) is 0 Å². The summed E-state index contributed by atoms with van der Waals surface area (Å²) in [6.07, 6.45) is 0.269. The zero-order valence-corrected chi connectivity index (χ0v) is 12.6. The fourth-order valence-electron chi connectivity index (χ4n) is 1.58. The van der Waals surface area contributed by atoms with E-state index >= 15 is 0 Å². The van der Waals surface area contributed by atoms with Crippen LogP contribution in [0.4, 0.5) is 0 Å². The number of hydrogen-bond donors (Lipinski definition) is 2. The van der Waals surface area contributed by atoms with Crippen molar-refractivity contribution in [2.45, 2.75) is 32.4 Å². The summed E-state index contributed by atoms with van der Waals surface area (Å²) < 4.78 is 25.7. The first-order valence-electron chi connectivity index (χ1n) is 5.69. The van der Waals surface area contributed by atoms with Gasteiger partial charge in [-0.05, 0) is 12.3 Å². The fraction of sp³-hybridized carbons (Fsp3) is 0.800. The van der Waals surface area contributed by atoms with Gasteiger partial charge < -0.3 is 11.5 Å². The van der Waals surface area contributed by atoms with Gasteiger partial charge in [0, 0.05) is 6.54 Å². The number of primary amides is 1. The summed E-state index contributed by atoms with van der Waals surface area (Å²) >= 11 is 4.77. The largest absolute Gasteiger partial charge is 0.392 e. The molecule has 0 rings (SSSR count). The summed E-state index contributed by atoms with van der Waals surface area (Å²) in [5.41, 5.74) is 10.5.